The second-order valence-corrected chi connectivity index (χ2v) is 8.16. The maximum atomic E-state index is 13.1. The van der Waals surface area contributed by atoms with Crippen LogP contribution in [0.5, 0.6) is 34.5 Å². The van der Waals surface area contributed by atoms with Gasteiger partial charge in [-0.05, 0) is 6.07 Å². The molecule has 9 nitrogen and oxygen atoms in total. The van der Waals surface area contributed by atoms with Crippen LogP contribution in [-0.2, 0) is 4.79 Å². The Kier molecular flexibility index (Phi) is 5.68. The molecule has 0 spiro atoms. The zero-order chi connectivity index (χ0) is 25.6. The number of methoxy groups -OCH3 is 3. The normalized spacial score (nSPS) is 14.8. The van der Waals surface area contributed by atoms with Crippen LogP contribution in [0.4, 0.5) is 0 Å². The monoisotopic (exact) mass is 490 g/mol. The lowest BCUT2D eigenvalue weighted by molar-refractivity contribution is -0.135. The van der Waals surface area contributed by atoms with E-state index in [2.05, 4.69) is 0 Å². The van der Waals surface area contributed by atoms with E-state index in [1.54, 1.807) is 36.4 Å². The predicted molar refractivity (Wildman–Crippen MR) is 129 cm³/mol. The first kappa shape index (κ1) is 23.1. The number of phenols is 2. The molecule has 2 heterocycles. The van der Waals surface area contributed by atoms with E-state index in [9.17, 15) is 19.8 Å². The standard InChI is InChI=1S/C27H22O9/c1-32-18-12-20(34-3)19(33-2)9-14(18)15-10-21(29)36-27-22(15)26-23(24(30)25(27)31)16(28)11-17(35-26)13-7-5-4-6-8-13/h4-9,11-12,15,30-31H,10H2,1-3H3/t15-/m0/s1. The summed E-state index contributed by atoms with van der Waals surface area (Å²) in [6, 6.07) is 13.5. The zero-order valence-electron chi connectivity index (χ0n) is 19.7. The first-order chi connectivity index (χ1) is 17.4. The summed E-state index contributed by atoms with van der Waals surface area (Å²) in [6.45, 7) is 0. The molecule has 4 aromatic rings. The molecule has 5 rings (SSSR count). The molecular weight excluding hydrogens is 468 g/mol. The summed E-state index contributed by atoms with van der Waals surface area (Å²) in [7, 11) is 4.42. The molecule has 0 saturated heterocycles. The highest BCUT2D eigenvalue weighted by molar-refractivity contribution is 5.96. The van der Waals surface area contributed by atoms with Crippen molar-refractivity contribution < 1.29 is 38.4 Å². The smallest absolute Gasteiger partial charge is 0.312 e. The van der Waals surface area contributed by atoms with Crippen molar-refractivity contribution >= 4 is 16.9 Å². The summed E-state index contributed by atoms with van der Waals surface area (Å²) in [6.07, 6.45) is -0.155. The van der Waals surface area contributed by atoms with Crippen LogP contribution in [0.25, 0.3) is 22.3 Å². The van der Waals surface area contributed by atoms with Gasteiger partial charge in [0.2, 0.25) is 5.75 Å². The molecule has 0 unspecified atom stereocenters. The van der Waals surface area contributed by atoms with E-state index in [-0.39, 0.29) is 34.5 Å². The molecular formula is C27H22O9. The van der Waals surface area contributed by atoms with E-state index in [4.69, 9.17) is 23.4 Å². The fraction of sp³-hybridized carbons (Fsp3) is 0.185. The Morgan fingerprint density at radius 1 is 0.861 bits per heavy atom. The summed E-state index contributed by atoms with van der Waals surface area (Å²) in [5.41, 5.74) is 0.778. The SMILES string of the molecule is COc1cc(OC)c([C@@H]2CC(=O)Oc3c(O)c(O)c4c(=O)cc(-c5ccccc5)oc4c32)cc1OC. The number of benzene rings is 3. The minimum atomic E-state index is -0.779. The number of ether oxygens (including phenoxy) is 4. The van der Waals surface area contributed by atoms with E-state index >= 15 is 0 Å². The Bertz CT molecular complexity index is 1550. The van der Waals surface area contributed by atoms with Gasteiger partial charge in [0.05, 0.1) is 33.3 Å². The van der Waals surface area contributed by atoms with Gasteiger partial charge in [-0.25, -0.2) is 0 Å². The van der Waals surface area contributed by atoms with Crippen molar-refractivity contribution in [3.05, 3.63) is 69.9 Å². The molecule has 3 aromatic carbocycles. The average Bonchev–Trinajstić information content (AvgIpc) is 2.90. The lowest BCUT2D eigenvalue weighted by Gasteiger charge is -2.28. The third kappa shape index (κ3) is 3.56. The Balaban J connectivity index is 1.87. The molecule has 0 aliphatic carbocycles. The van der Waals surface area contributed by atoms with Crippen LogP contribution < -0.4 is 24.4 Å². The molecule has 1 aliphatic rings. The van der Waals surface area contributed by atoms with Crippen molar-refractivity contribution in [3.63, 3.8) is 0 Å². The summed E-state index contributed by atoms with van der Waals surface area (Å²) < 4.78 is 27.9. The molecule has 1 atom stereocenters. The summed E-state index contributed by atoms with van der Waals surface area (Å²) >= 11 is 0. The minimum absolute atomic E-state index is 0.0130. The third-order valence-corrected chi connectivity index (χ3v) is 6.22. The maximum absolute atomic E-state index is 13.1. The van der Waals surface area contributed by atoms with Gasteiger partial charge in [0.1, 0.15) is 22.5 Å². The molecule has 9 heteroatoms. The number of esters is 1. The minimum Gasteiger partial charge on any atom is -0.504 e. The van der Waals surface area contributed by atoms with Gasteiger partial charge in [-0.1, -0.05) is 30.3 Å². The van der Waals surface area contributed by atoms with Gasteiger partial charge in [-0.15, -0.1) is 0 Å². The van der Waals surface area contributed by atoms with Crippen molar-refractivity contribution in [2.45, 2.75) is 12.3 Å². The second-order valence-electron chi connectivity index (χ2n) is 8.16. The molecule has 0 fully saturated rings. The first-order valence-electron chi connectivity index (χ1n) is 11.0. The lowest BCUT2D eigenvalue weighted by Crippen LogP contribution is -2.22. The Hall–Kier alpha value is -4.66. The van der Waals surface area contributed by atoms with Crippen LogP contribution in [0.3, 0.4) is 0 Å². The van der Waals surface area contributed by atoms with Gasteiger partial charge in [0, 0.05) is 29.2 Å². The topological polar surface area (TPSA) is 125 Å². The Labute approximate surface area is 205 Å². The highest BCUT2D eigenvalue weighted by Crippen LogP contribution is 2.54. The largest absolute Gasteiger partial charge is 0.504 e. The third-order valence-electron chi connectivity index (χ3n) is 6.22. The van der Waals surface area contributed by atoms with E-state index in [1.165, 1.54) is 27.4 Å². The molecule has 184 valence electrons. The van der Waals surface area contributed by atoms with Crippen LogP contribution in [0, 0.1) is 0 Å². The number of fused-ring (bicyclic) bond motifs is 3. The van der Waals surface area contributed by atoms with Crippen LogP contribution in [0.1, 0.15) is 23.5 Å². The first-order valence-corrected chi connectivity index (χ1v) is 11.0. The summed E-state index contributed by atoms with van der Waals surface area (Å²) in [5.74, 6) is -1.76. The highest BCUT2D eigenvalue weighted by atomic mass is 16.5. The van der Waals surface area contributed by atoms with Crippen LogP contribution >= 0.6 is 0 Å². The molecule has 0 amide bonds. The van der Waals surface area contributed by atoms with Crippen LogP contribution in [0.15, 0.2) is 57.7 Å². The lowest BCUT2D eigenvalue weighted by atomic mass is 9.84. The summed E-state index contributed by atoms with van der Waals surface area (Å²) in [5, 5.41) is 21.2. The number of rotatable bonds is 5. The summed E-state index contributed by atoms with van der Waals surface area (Å²) in [4.78, 5) is 25.8. The van der Waals surface area contributed by atoms with Gasteiger partial charge in [-0.3, -0.25) is 9.59 Å². The Morgan fingerprint density at radius 3 is 2.19 bits per heavy atom. The fourth-order valence-electron chi connectivity index (χ4n) is 4.54. The molecule has 36 heavy (non-hydrogen) atoms. The van der Waals surface area contributed by atoms with E-state index in [0.717, 1.165) is 0 Å². The predicted octanol–water partition coefficient (Wildman–Crippen LogP) is 4.34. The zero-order valence-corrected chi connectivity index (χ0v) is 19.7. The van der Waals surface area contributed by atoms with Crippen molar-refractivity contribution in [1.29, 1.82) is 0 Å². The number of hydrogen-bond donors (Lipinski definition) is 2. The quantitative estimate of drug-likeness (QED) is 0.239. The molecule has 1 aromatic heterocycles. The van der Waals surface area contributed by atoms with E-state index in [0.29, 0.717) is 28.4 Å². The molecule has 0 bridgehead atoms. The number of carbonyl (C=O) groups excluding carboxylic acids is 1. The number of hydrogen-bond acceptors (Lipinski definition) is 9. The van der Waals surface area contributed by atoms with Crippen molar-refractivity contribution in [3.8, 4) is 45.8 Å². The van der Waals surface area contributed by atoms with Crippen LogP contribution in [0.2, 0.25) is 0 Å². The van der Waals surface area contributed by atoms with Gasteiger partial charge in [0.25, 0.3) is 0 Å². The number of aromatic hydroxyl groups is 2. The van der Waals surface area contributed by atoms with Crippen molar-refractivity contribution in [2.75, 3.05) is 21.3 Å². The molecule has 0 radical (unpaired) electrons. The molecule has 2 N–H and O–H groups in total. The van der Waals surface area contributed by atoms with E-state index < -0.39 is 28.8 Å². The van der Waals surface area contributed by atoms with Crippen molar-refractivity contribution in [1.82, 2.24) is 0 Å². The van der Waals surface area contributed by atoms with Crippen molar-refractivity contribution in [2.24, 2.45) is 0 Å². The Morgan fingerprint density at radius 2 is 1.53 bits per heavy atom. The van der Waals surface area contributed by atoms with Gasteiger partial charge >= 0.3 is 5.97 Å². The highest BCUT2D eigenvalue weighted by Gasteiger charge is 2.38. The maximum Gasteiger partial charge on any atom is 0.312 e. The molecule has 1 aliphatic heterocycles. The van der Waals surface area contributed by atoms with Gasteiger partial charge < -0.3 is 33.6 Å². The van der Waals surface area contributed by atoms with Gasteiger partial charge in [-0.2, -0.15) is 0 Å². The van der Waals surface area contributed by atoms with Crippen LogP contribution in [-0.4, -0.2) is 37.5 Å². The number of carbonyl (C=O) groups is 1. The second kappa shape index (κ2) is 8.84. The average molecular weight is 490 g/mol. The fourth-order valence-corrected chi connectivity index (χ4v) is 4.54. The van der Waals surface area contributed by atoms with E-state index in [1.807, 2.05) is 6.07 Å². The molecule has 0 saturated carbocycles. The number of phenolic OH excluding ortho intramolecular Hbond substituents is 2. The van der Waals surface area contributed by atoms with Gasteiger partial charge in [0.15, 0.2) is 28.4 Å².